The third kappa shape index (κ3) is 6.24. The van der Waals surface area contributed by atoms with Crippen LogP contribution >= 0.6 is 0 Å². The molecule has 0 bridgehead atoms. The lowest BCUT2D eigenvalue weighted by Crippen LogP contribution is -2.36. The smallest absolute Gasteiger partial charge is 0.407 e. The van der Waals surface area contributed by atoms with Crippen molar-refractivity contribution in [2.24, 2.45) is 11.8 Å². The van der Waals surface area contributed by atoms with E-state index in [0.717, 1.165) is 19.3 Å². The lowest BCUT2D eigenvalue weighted by molar-refractivity contribution is 0.0513. The standard InChI is InChI=1S/C14H27NO3/c1-14(2,3)18-13(17)15-10-12-6-4-11(5-7-12)8-9-16/h11-12,16H,4-10H2,1-3H3,(H,15,17)/t11-,12-. The van der Waals surface area contributed by atoms with Crippen molar-refractivity contribution in [3.05, 3.63) is 0 Å². The zero-order chi connectivity index (χ0) is 13.6. The van der Waals surface area contributed by atoms with Crippen LogP contribution in [0.2, 0.25) is 0 Å². The molecule has 1 amide bonds. The molecule has 1 rings (SSSR count). The summed E-state index contributed by atoms with van der Waals surface area (Å²) in [5, 5.41) is 11.7. The number of carbonyl (C=O) groups is 1. The van der Waals surface area contributed by atoms with Gasteiger partial charge >= 0.3 is 6.09 Å². The number of alkyl carbamates (subject to hydrolysis) is 1. The van der Waals surface area contributed by atoms with E-state index in [1.165, 1.54) is 12.8 Å². The number of nitrogens with one attached hydrogen (secondary N) is 1. The molecule has 0 aliphatic heterocycles. The Morgan fingerprint density at radius 3 is 2.28 bits per heavy atom. The molecule has 18 heavy (non-hydrogen) atoms. The monoisotopic (exact) mass is 257 g/mol. The molecule has 1 aliphatic carbocycles. The summed E-state index contributed by atoms with van der Waals surface area (Å²) in [6, 6.07) is 0. The zero-order valence-electron chi connectivity index (χ0n) is 11.9. The predicted molar refractivity (Wildman–Crippen MR) is 71.4 cm³/mol. The minimum absolute atomic E-state index is 0.297. The Kier molecular flexibility index (Phi) is 5.93. The molecular weight excluding hydrogens is 230 g/mol. The van der Waals surface area contributed by atoms with Crippen molar-refractivity contribution in [1.29, 1.82) is 0 Å². The maximum Gasteiger partial charge on any atom is 0.407 e. The zero-order valence-corrected chi connectivity index (χ0v) is 11.9. The Labute approximate surface area is 110 Å². The van der Waals surface area contributed by atoms with E-state index in [1.54, 1.807) is 0 Å². The number of ether oxygens (including phenoxy) is 1. The molecule has 106 valence electrons. The van der Waals surface area contributed by atoms with Crippen LogP contribution in [0.5, 0.6) is 0 Å². The maximum absolute atomic E-state index is 11.5. The lowest BCUT2D eigenvalue weighted by atomic mass is 9.81. The molecule has 1 aliphatic rings. The molecule has 2 N–H and O–H groups in total. The first-order valence-corrected chi connectivity index (χ1v) is 6.98. The van der Waals surface area contributed by atoms with Gasteiger partial charge in [0, 0.05) is 13.2 Å². The first-order valence-electron chi connectivity index (χ1n) is 6.98. The summed E-state index contributed by atoms with van der Waals surface area (Å²) in [7, 11) is 0. The van der Waals surface area contributed by atoms with Crippen LogP contribution in [-0.4, -0.2) is 30.0 Å². The molecule has 0 radical (unpaired) electrons. The number of carbonyl (C=O) groups excluding carboxylic acids is 1. The molecule has 4 nitrogen and oxygen atoms in total. The minimum Gasteiger partial charge on any atom is -0.444 e. The van der Waals surface area contributed by atoms with E-state index in [4.69, 9.17) is 9.84 Å². The number of rotatable bonds is 4. The molecule has 0 atom stereocenters. The quantitative estimate of drug-likeness (QED) is 0.814. The molecule has 1 fully saturated rings. The molecule has 0 spiro atoms. The molecule has 0 aromatic carbocycles. The highest BCUT2D eigenvalue weighted by molar-refractivity contribution is 5.67. The second-order valence-electron chi connectivity index (χ2n) is 6.28. The predicted octanol–water partition coefficient (Wildman–Crippen LogP) is 2.70. The van der Waals surface area contributed by atoms with Crippen molar-refractivity contribution in [3.8, 4) is 0 Å². The topological polar surface area (TPSA) is 58.6 Å². The van der Waals surface area contributed by atoms with Crippen molar-refractivity contribution < 1.29 is 14.6 Å². The number of aliphatic hydroxyl groups is 1. The van der Waals surface area contributed by atoms with Gasteiger partial charge in [-0.15, -0.1) is 0 Å². The third-order valence-electron chi connectivity index (χ3n) is 3.44. The second kappa shape index (κ2) is 6.98. The van der Waals surface area contributed by atoms with Crippen molar-refractivity contribution in [3.63, 3.8) is 0 Å². The van der Waals surface area contributed by atoms with Crippen molar-refractivity contribution >= 4 is 6.09 Å². The number of amides is 1. The fourth-order valence-electron chi connectivity index (χ4n) is 2.45. The van der Waals surface area contributed by atoms with Crippen LogP contribution in [0.25, 0.3) is 0 Å². The molecule has 0 unspecified atom stereocenters. The fourth-order valence-corrected chi connectivity index (χ4v) is 2.45. The van der Waals surface area contributed by atoms with E-state index in [2.05, 4.69) is 5.32 Å². The average Bonchev–Trinajstić information content (AvgIpc) is 2.26. The summed E-state index contributed by atoms with van der Waals surface area (Å²) >= 11 is 0. The van der Waals surface area contributed by atoms with E-state index in [9.17, 15) is 4.79 Å². The molecule has 0 aromatic heterocycles. The van der Waals surface area contributed by atoms with Crippen LogP contribution in [0, 0.1) is 11.8 Å². The highest BCUT2D eigenvalue weighted by atomic mass is 16.6. The van der Waals surface area contributed by atoms with Gasteiger partial charge in [-0.1, -0.05) is 12.8 Å². The van der Waals surface area contributed by atoms with Crippen LogP contribution < -0.4 is 5.32 Å². The van der Waals surface area contributed by atoms with Gasteiger partial charge in [-0.05, 0) is 51.9 Å². The van der Waals surface area contributed by atoms with Gasteiger partial charge in [0.15, 0.2) is 0 Å². The van der Waals surface area contributed by atoms with Crippen molar-refractivity contribution in [1.82, 2.24) is 5.32 Å². The van der Waals surface area contributed by atoms with Gasteiger partial charge in [-0.25, -0.2) is 4.79 Å². The van der Waals surface area contributed by atoms with E-state index in [1.807, 2.05) is 20.8 Å². The van der Waals surface area contributed by atoms with E-state index >= 15 is 0 Å². The fraction of sp³-hybridized carbons (Fsp3) is 0.929. The summed E-state index contributed by atoms with van der Waals surface area (Å²) < 4.78 is 5.21. The summed E-state index contributed by atoms with van der Waals surface area (Å²) in [5.74, 6) is 1.24. The van der Waals surface area contributed by atoms with E-state index in [0.29, 0.717) is 25.0 Å². The highest BCUT2D eigenvalue weighted by Crippen LogP contribution is 2.30. The van der Waals surface area contributed by atoms with Gasteiger partial charge in [0.1, 0.15) is 5.60 Å². The van der Waals surface area contributed by atoms with Crippen molar-refractivity contribution in [2.45, 2.75) is 58.5 Å². The Balaban J connectivity index is 2.16. The summed E-state index contributed by atoms with van der Waals surface area (Å²) in [4.78, 5) is 11.5. The molecule has 0 saturated heterocycles. The molecule has 0 heterocycles. The Hall–Kier alpha value is -0.770. The highest BCUT2D eigenvalue weighted by Gasteiger charge is 2.22. The maximum atomic E-state index is 11.5. The van der Waals surface area contributed by atoms with Crippen LogP contribution in [0.15, 0.2) is 0 Å². The van der Waals surface area contributed by atoms with Gasteiger partial charge in [0.05, 0.1) is 0 Å². The van der Waals surface area contributed by atoms with E-state index < -0.39 is 5.60 Å². The largest absolute Gasteiger partial charge is 0.444 e. The Bertz CT molecular complexity index is 252. The lowest BCUT2D eigenvalue weighted by Gasteiger charge is -2.28. The number of hydrogen-bond donors (Lipinski definition) is 2. The van der Waals surface area contributed by atoms with Gasteiger partial charge in [-0.3, -0.25) is 0 Å². The minimum atomic E-state index is -0.428. The molecule has 1 saturated carbocycles. The number of aliphatic hydroxyl groups excluding tert-OH is 1. The van der Waals surface area contributed by atoms with Gasteiger partial charge in [0.2, 0.25) is 0 Å². The van der Waals surface area contributed by atoms with Crippen molar-refractivity contribution in [2.75, 3.05) is 13.2 Å². The molecular formula is C14H27NO3. The van der Waals surface area contributed by atoms with Gasteiger partial charge < -0.3 is 15.2 Å². The third-order valence-corrected chi connectivity index (χ3v) is 3.44. The van der Waals surface area contributed by atoms with Gasteiger partial charge in [0.25, 0.3) is 0 Å². The first-order chi connectivity index (χ1) is 8.40. The molecule has 4 heteroatoms. The van der Waals surface area contributed by atoms with Crippen LogP contribution in [0.4, 0.5) is 4.79 Å². The Morgan fingerprint density at radius 2 is 1.78 bits per heavy atom. The SMILES string of the molecule is CC(C)(C)OC(=O)NC[C@H]1CC[C@H](CCO)CC1. The normalized spacial score (nSPS) is 24.7. The first kappa shape index (κ1) is 15.3. The molecule has 0 aromatic rings. The average molecular weight is 257 g/mol. The van der Waals surface area contributed by atoms with Crippen LogP contribution in [-0.2, 0) is 4.74 Å². The Morgan fingerprint density at radius 1 is 1.22 bits per heavy atom. The number of hydrogen-bond acceptors (Lipinski definition) is 3. The van der Waals surface area contributed by atoms with Gasteiger partial charge in [-0.2, -0.15) is 0 Å². The van der Waals surface area contributed by atoms with Crippen LogP contribution in [0.3, 0.4) is 0 Å². The van der Waals surface area contributed by atoms with E-state index in [-0.39, 0.29) is 6.09 Å². The second-order valence-corrected chi connectivity index (χ2v) is 6.28. The summed E-state index contributed by atoms with van der Waals surface area (Å²) in [5.41, 5.74) is -0.428. The summed E-state index contributed by atoms with van der Waals surface area (Å²) in [6.45, 7) is 6.61. The van der Waals surface area contributed by atoms with Crippen LogP contribution in [0.1, 0.15) is 52.9 Å². The summed E-state index contributed by atoms with van der Waals surface area (Å²) in [6.07, 6.45) is 5.22.